The van der Waals surface area contributed by atoms with Crippen LogP contribution in [0.3, 0.4) is 0 Å². The molecule has 0 saturated heterocycles. The van der Waals surface area contributed by atoms with Crippen molar-refractivity contribution >= 4 is 21.6 Å². The number of hydrogen-bond donors (Lipinski definition) is 2. The largest absolute Gasteiger partial charge is 0.352 e. The van der Waals surface area contributed by atoms with E-state index in [1.165, 1.54) is 42.0 Å². The van der Waals surface area contributed by atoms with Crippen molar-refractivity contribution in [3.05, 3.63) is 95.3 Å². The van der Waals surface area contributed by atoms with Gasteiger partial charge in [0, 0.05) is 12.1 Å². The Kier molecular flexibility index (Phi) is 7.07. The molecule has 0 aromatic heterocycles. The van der Waals surface area contributed by atoms with Crippen molar-refractivity contribution in [3.8, 4) is 0 Å². The smallest absolute Gasteiger partial charge is 0.262 e. The Bertz CT molecular complexity index is 1160. The summed E-state index contributed by atoms with van der Waals surface area (Å²) in [4.78, 5) is 12.6. The number of rotatable bonds is 8. The molecule has 2 N–H and O–H groups in total. The van der Waals surface area contributed by atoms with Crippen LogP contribution in [0.25, 0.3) is 0 Å². The highest BCUT2D eigenvalue weighted by atomic mass is 32.2. The van der Waals surface area contributed by atoms with Crippen LogP contribution in [0.2, 0.25) is 0 Å². The summed E-state index contributed by atoms with van der Waals surface area (Å²) >= 11 is 0. The van der Waals surface area contributed by atoms with Crippen LogP contribution >= 0.6 is 0 Å². The topological polar surface area (TPSA) is 75.3 Å². The van der Waals surface area contributed by atoms with E-state index in [9.17, 15) is 17.6 Å². The summed E-state index contributed by atoms with van der Waals surface area (Å²) in [5, 5.41) is 2.86. The first-order valence-electron chi connectivity index (χ1n) is 9.99. The van der Waals surface area contributed by atoms with Crippen LogP contribution in [0.5, 0.6) is 0 Å². The molecule has 3 aromatic carbocycles. The average Bonchev–Trinajstić information content (AvgIpc) is 2.76. The van der Waals surface area contributed by atoms with Gasteiger partial charge < -0.3 is 5.32 Å². The third-order valence-electron chi connectivity index (χ3n) is 5.11. The average molecular weight is 441 g/mol. The van der Waals surface area contributed by atoms with Crippen LogP contribution in [0.1, 0.15) is 40.7 Å². The van der Waals surface area contributed by atoms with E-state index in [0.29, 0.717) is 12.1 Å². The highest BCUT2D eigenvalue weighted by Gasteiger charge is 2.19. The standard InChI is InChI=1S/C24H25FN2O3S/c1-17(19-8-4-3-5-9-19)14-15-26-24(28)21-16-20(13-12-18(21)2)31(29,30)27-23-11-7-6-10-22(23)25/h3-13,16-17,27H,14-15H2,1-2H3,(H,26,28). The van der Waals surface area contributed by atoms with Gasteiger partial charge in [-0.15, -0.1) is 0 Å². The zero-order valence-corrected chi connectivity index (χ0v) is 18.2. The fourth-order valence-electron chi connectivity index (χ4n) is 3.21. The van der Waals surface area contributed by atoms with Gasteiger partial charge in [0.15, 0.2) is 0 Å². The lowest BCUT2D eigenvalue weighted by Gasteiger charge is -2.14. The van der Waals surface area contributed by atoms with E-state index in [0.717, 1.165) is 6.42 Å². The second-order valence-electron chi connectivity index (χ2n) is 7.42. The van der Waals surface area contributed by atoms with Gasteiger partial charge in [0.1, 0.15) is 5.82 Å². The number of aryl methyl sites for hydroxylation is 1. The number of nitrogens with one attached hydrogen (secondary N) is 2. The van der Waals surface area contributed by atoms with Crippen molar-refractivity contribution in [2.75, 3.05) is 11.3 Å². The molecule has 3 rings (SSSR count). The lowest BCUT2D eigenvalue weighted by Crippen LogP contribution is -2.26. The molecule has 1 amide bonds. The van der Waals surface area contributed by atoms with Gasteiger partial charge in [0.25, 0.3) is 15.9 Å². The highest BCUT2D eigenvalue weighted by Crippen LogP contribution is 2.22. The first-order chi connectivity index (χ1) is 14.8. The van der Waals surface area contributed by atoms with Gasteiger partial charge in [-0.2, -0.15) is 0 Å². The number of halogens is 1. The van der Waals surface area contributed by atoms with Gasteiger partial charge in [-0.25, -0.2) is 12.8 Å². The van der Waals surface area contributed by atoms with Crippen molar-refractivity contribution in [3.63, 3.8) is 0 Å². The normalized spacial score (nSPS) is 12.2. The van der Waals surface area contributed by atoms with Gasteiger partial charge in [-0.1, -0.05) is 55.5 Å². The van der Waals surface area contributed by atoms with E-state index >= 15 is 0 Å². The molecule has 0 spiro atoms. The summed E-state index contributed by atoms with van der Waals surface area (Å²) in [5.74, 6) is -0.747. The van der Waals surface area contributed by atoms with Crippen molar-refractivity contribution < 1.29 is 17.6 Å². The Morgan fingerprint density at radius 3 is 2.39 bits per heavy atom. The molecule has 1 atom stereocenters. The van der Waals surface area contributed by atoms with E-state index in [-0.39, 0.29) is 28.0 Å². The first-order valence-corrected chi connectivity index (χ1v) is 11.5. The Labute approximate surface area is 182 Å². The highest BCUT2D eigenvalue weighted by molar-refractivity contribution is 7.92. The van der Waals surface area contributed by atoms with Crippen LogP contribution in [-0.4, -0.2) is 20.9 Å². The second-order valence-corrected chi connectivity index (χ2v) is 9.10. The van der Waals surface area contributed by atoms with Crippen LogP contribution < -0.4 is 10.0 Å². The van der Waals surface area contributed by atoms with Gasteiger partial charge in [-0.05, 0) is 54.7 Å². The van der Waals surface area contributed by atoms with E-state index < -0.39 is 15.8 Å². The van der Waals surface area contributed by atoms with E-state index in [1.54, 1.807) is 13.0 Å². The summed E-state index contributed by atoms with van der Waals surface area (Å²) in [6.45, 7) is 4.29. The molecule has 5 nitrogen and oxygen atoms in total. The molecule has 0 aliphatic carbocycles. The van der Waals surface area contributed by atoms with E-state index in [1.807, 2.05) is 30.3 Å². The van der Waals surface area contributed by atoms with Crippen LogP contribution in [0.4, 0.5) is 10.1 Å². The van der Waals surface area contributed by atoms with Gasteiger partial charge in [0.05, 0.1) is 10.6 Å². The molecule has 0 aliphatic rings. The van der Waals surface area contributed by atoms with Crippen LogP contribution in [-0.2, 0) is 10.0 Å². The minimum Gasteiger partial charge on any atom is -0.352 e. The van der Waals surface area contributed by atoms with E-state index in [2.05, 4.69) is 17.0 Å². The summed E-state index contributed by atoms with van der Waals surface area (Å²) in [6, 6.07) is 19.8. The summed E-state index contributed by atoms with van der Waals surface area (Å²) in [5.41, 5.74) is 1.96. The molecule has 162 valence electrons. The molecule has 1 unspecified atom stereocenters. The number of sulfonamides is 1. The summed E-state index contributed by atoms with van der Waals surface area (Å²) < 4.78 is 41.5. The quantitative estimate of drug-likeness (QED) is 0.525. The van der Waals surface area contributed by atoms with Crippen LogP contribution in [0, 0.1) is 12.7 Å². The molecular formula is C24H25FN2O3S. The number of anilines is 1. The molecule has 0 heterocycles. The first kappa shape index (κ1) is 22.5. The number of benzene rings is 3. The number of para-hydroxylation sites is 1. The lowest BCUT2D eigenvalue weighted by atomic mass is 9.98. The predicted octanol–water partition coefficient (Wildman–Crippen LogP) is 4.86. The maximum absolute atomic E-state index is 13.8. The zero-order valence-electron chi connectivity index (χ0n) is 17.4. The molecule has 0 aliphatic heterocycles. The molecule has 0 bridgehead atoms. The van der Waals surface area contributed by atoms with Gasteiger partial charge in [0.2, 0.25) is 0 Å². The van der Waals surface area contributed by atoms with Crippen molar-refractivity contribution in [2.24, 2.45) is 0 Å². The Morgan fingerprint density at radius 2 is 1.68 bits per heavy atom. The number of carbonyl (C=O) groups is 1. The molecule has 3 aromatic rings. The maximum Gasteiger partial charge on any atom is 0.262 e. The second kappa shape index (κ2) is 9.75. The van der Waals surface area contributed by atoms with Gasteiger partial charge in [-0.3, -0.25) is 9.52 Å². The fraction of sp³-hybridized carbons (Fsp3) is 0.208. The fourth-order valence-corrected chi connectivity index (χ4v) is 4.30. The number of carbonyl (C=O) groups excluding carboxylic acids is 1. The summed E-state index contributed by atoms with van der Waals surface area (Å²) in [7, 11) is -4.05. The Morgan fingerprint density at radius 1 is 1.00 bits per heavy atom. The molecule has 0 fully saturated rings. The summed E-state index contributed by atoms with van der Waals surface area (Å²) in [6.07, 6.45) is 0.752. The number of amides is 1. The molecule has 31 heavy (non-hydrogen) atoms. The van der Waals surface area contributed by atoms with E-state index in [4.69, 9.17) is 0 Å². The Balaban J connectivity index is 1.70. The van der Waals surface area contributed by atoms with Crippen molar-refractivity contribution in [1.29, 1.82) is 0 Å². The third-order valence-corrected chi connectivity index (χ3v) is 6.48. The lowest BCUT2D eigenvalue weighted by molar-refractivity contribution is 0.0952. The molecule has 0 saturated carbocycles. The monoisotopic (exact) mass is 440 g/mol. The van der Waals surface area contributed by atoms with Crippen molar-refractivity contribution in [2.45, 2.75) is 31.1 Å². The zero-order chi connectivity index (χ0) is 22.4. The molecule has 0 radical (unpaired) electrons. The van der Waals surface area contributed by atoms with Crippen LogP contribution in [0.15, 0.2) is 77.7 Å². The minimum absolute atomic E-state index is 0.107. The minimum atomic E-state index is -4.05. The van der Waals surface area contributed by atoms with Crippen molar-refractivity contribution in [1.82, 2.24) is 5.32 Å². The SMILES string of the molecule is Cc1ccc(S(=O)(=O)Nc2ccccc2F)cc1C(=O)NCCC(C)c1ccccc1. The maximum atomic E-state index is 13.8. The third kappa shape index (κ3) is 5.70. The Hall–Kier alpha value is -3.19. The van der Waals surface area contributed by atoms with Gasteiger partial charge >= 0.3 is 0 Å². The predicted molar refractivity (Wildman–Crippen MR) is 120 cm³/mol. The molecule has 7 heteroatoms. The number of hydrogen-bond acceptors (Lipinski definition) is 3. The molecular weight excluding hydrogens is 415 g/mol.